The maximum absolute atomic E-state index is 6.20. The van der Waals surface area contributed by atoms with Gasteiger partial charge in [0, 0.05) is 18.6 Å². The Kier molecular flexibility index (Phi) is 5.31. The molecule has 5 heteroatoms. The predicted molar refractivity (Wildman–Crippen MR) is 89.5 cm³/mol. The quantitative estimate of drug-likeness (QED) is 0.872. The summed E-state index contributed by atoms with van der Waals surface area (Å²) in [5.41, 5.74) is 1.28. The number of halogens is 2. The fourth-order valence-electron chi connectivity index (χ4n) is 3.43. The normalized spacial score (nSPS) is 32.3. The zero-order chi connectivity index (χ0) is 15.6. The van der Waals surface area contributed by atoms with Crippen molar-refractivity contribution in [1.82, 2.24) is 5.32 Å². The lowest BCUT2D eigenvalue weighted by Crippen LogP contribution is -2.33. The first-order valence-electron chi connectivity index (χ1n) is 8.09. The minimum atomic E-state index is -0.0623. The van der Waals surface area contributed by atoms with Gasteiger partial charge in [0.2, 0.25) is 0 Å². The highest BCUT2D eigenvalue weighted by atomic mass is 35.5. The molecule has 2 aliphatic heterocycles. The Labute approximate surface area is 142 Å². The van der Waals surface area contributed by atoms with Gasteiger partial charge in [-0.1, -0.05) is 36.2 Å². The maximum atomic E-state index is 6.20. The van der Waals surface area contributed by atoms with Gasteiger partial charge in [0.25, 0.3) is 0 Å². The molecule has 1 N–H and O–H groups in total. The van der Waals surface area contributed by atoms with Crippen LogP contribution in [0.1, 0.15) is 44.6 Å². The van der Waals surface area contributed by atoms with Gasteiger partial charge in [-0.3, -0.25) is 5.32 Å². The van der Waals surface area contributed by atoms with E-state index in [0.29, 0.717) is 10.0 Å². The molecule has 0 aromatic heterocycles. The van der Waals surface area contributed by atoms with Crippen LogP contribution in [0.15, 0.2) is 18.2 Å². The van der Waals surface area contributed by atoms with Crippen molar-refractivity contribution in [2.45, 2.75) is 57.0 Å². The van der Waals surface area contributed by atoms with Crippen molar-refractivity contribution >= 4 is 23.2 Å². The van der Waals surface area contributed by atoms with Crippen LogP contribution >= 0.6 is 23.2 Å². The third-order valence-corrected chi connectivity index (χ3v) is 5.65. The van der Waals surface area contributed by atoms with Gasteiger partial charge in [0.15, 0.2) is 6.29 Å². The molecule has 2 heterocycles. The summed E-state index contributed by atoms with van der Waals surface area (Å²) in [4.78, 5) is 0. The Morgan fingerprint density at radius 3 is 2.86 bits per heavy atom. The molecule has 0 amide bonds. The van der Waals surface area contributed by atoms with Crippen molar-refractivity contribution in [2.24, 2.45) is 0 Å². The summed E-state index contributed by atoms with van der Waals surface area (Å²) in [5.74, 6) is 0. The molecule has 22 heavy (non-hydrogen) atoms. The van der Waals surface area contributed by atoms with E-state index in [9.17, 15) is 0 Å². The van der Waals surface area contributed by atoms with E-state index in [2.05, 4.69) is 18.3 Å². The Balaban J connectivity index is 1.70. The Morgan fingerprint density at radius 1 is 1.32 bits per heavy atom. The predicted octanol–water partition coefficient (Wildman–Crippen LogP) is 4.50. The molecule has 0 saturated carbocycles. The monoisotopic (exact) mass is 343 g/mol. The third kappa shape index (κ3) is 3.44. The molecule has 0 radical (unpaired) electrons. The zero-order valence-corrected chi connectivity index (χ0v) is 14.4. The van der Waals surface area contributed by atoms with E-state index in [1.54, 1.807) is 0 Å². The average molecular weight is 344 g/mol. The first kappa shape index (κ1) is 16.5. The van der Waals surface area contributed by atoms with Gasteiger partial charge in [-0.15, -0.1) is 0 Å². The van der Waals surface area contributed by atoms with E-state index in [0.717, 1.165) is 38.8 Å². The van der Waals surface area contributed by atoms with Crippen LogP contribution in [-0.2, 0) is 14.9 Å². The smallest absolute Gasteiger partial charge is 0.159 e. The molecule has 0 aliphatic carbocycles. The summed E-state index contributed by atoms with van der Waals surface area (Å²) in [5, 5.41) is 4.72. The fourth-order valence-corrected chi connectivity index (χ4v) is 3.72. The molecule has 3 atom stereocenters. The Bertz CT molecular complexity index is 519. The Morgan fingerprint density at radius 2 is 2.18 bits per heavy atom. The van der Waals surface area contributed by atoms with Gasteiger partial charge in [0.1, 0.15) is 6.23 Å². The van der Waals surface area contributed by atoms with Gasteiger partial charge in [-0.25, -0.2) is 0 Å². The van der Waals surface area contributed by atoms with Crippen LogP contribution < -0.4 is 5.32 Å². The molecule has 2 fully saturated rings. The summed E-state index contributed by atoms with van der Waals surface area (Å²) < 4.78 is 11.8. The average Bonchev–Trinajstić information content (AvgIpc) is 2.95. The second kappa shape index (κ2) is 7.06. The number of ether oxygens (including phenoxy) is 2. The lowest BCUT2D eigenvalue weighted by molar-refractivity contribution is -0.191. The minimum Gasteiger partial charge on any atom is -0.353 e. The molecule has 0 spiro atoms. The van der Waals surface area contributed by atoms with E-state index < -0.39 is 0 Å². The van der Waals surface area contributed by atoms with Gasteiger partial charge in [0.05, 0.1) is 10.0 Å². The second-order valence-corrected chi connectivity index (χ2v) is 7.08. The number of nitrogens with one attached hydrogen (secondary N) is 1. The fraction of sp³-hybridized carbons (Fsp3) is 0.647. The summed E-state index contributed by atoms with van der Waals surface area (Å²) in [6, 6.07) is 5.96. The van der Waals surface area contributed by atoms with Gasteiger partial charge in [-0.2, -0.15) is 0 Å². The molecule has 0 bridgehead atoms. The first-order chi connectivity index (χ1) is 10.6. The van der Waals surface area contributed by atoms with Crippen LogP contribution in [0, 0.1) is 0 Å². The largest absolute Gasteiger partial charge is 0.353 e. The standard InChI is InChI=1S/C17H23Cl2NO2/c1-2-17(12-6-7-13(18)14(19)9-12)10-15(20-11-17)22-16-5-3-4-8-21-16/h6-7,9,15-16,20H,2-5,8,10-11H2,1H3. The highest BCUT2D eigenvalue weighted by molar-refractivity contribution is 6.42. The molecule has 1 aromatic rings. The van der Waals surface area contributed by atoms with E-state index in [-0.39, 0.29) is 17.9 Å². The van der Waals surface area contributed by atoms with Crippen molar-refractivity contribution in [3.8, 4) is 0 Å². The van der Waals surface area contributed by atoms with Gasteiger partial charge >= 0.3 is 0 Å². The van der Waals surface area contributed by atoms with E-state index in [1.807, 2.05) is 12.1 Å². The summed E-state index contributed by atoms with van der Waals surface area (Å²) in [6.07, 6.45) is 5.25. The lowest BCUT2D eigenvalue weighted by Gasteiger charge is -2.29. The first-order valence-corrected chi connectivity index (χ1v) is 8.84. The number of hydrogen-bond donors (Lipinski definition) is 1. The summed E-state index contributed by atoms with van der Waals surface area (Å²) in [6.45, 7) is 3.91. The SMILES string of the molecule is CCC1(c2ccc(Cl)c(Cl)c2)CNC(OC2CCCCO2)C1. The molecule has 2 saturated heterocycles. The number of benzene rings is 1. The molecule has 3 rings (SSSR count). The number of rotatable bonds is 4. The van der Waals surface area contributed by atoms with Crippen molar-refractivity contribution in [3.05, 3.63) is 33.8 Å². The highest BCUT2D eigenvalue weighted by Gasteiger charge is 2.40. The molecular formula is C17H23Cl2NO2. The summed E-state index contributed by atoms with van der Waals surface area (Å²) in [7, 11) is 0. The zero-order valence-electron chi connectivity index (χ0n) is 12.9. The van der Waals surface area contributed by atoms with Crippen LogP contribution in [0.4, 0.5) is 0 Å². The van der Waals surface area contributed by atoms with Gasteiger partial charge < -0.3 is 9.47 Å². The molecule has 2 aliphatic rings. The van der Waals surface area contributed by atoms with Crippen molar-refractivity contribution in [1.29, 1.82) is 0 Å². The van der Waals surface area contributed by atoms with Crippen LogP contribution in [0.2, 0.25) is 10.0 Å². The van der Waals surface area contributed by atoms with Crippen LogP contribution in [0.3, 0.4) is 0 Å². The topological polar surface area (TPSA) is 30.5 Å². The van der Waals surface area contributed by atoms with Crippen LogP contribution in [-0.4, -0.2) is 25.7 Å². The second-order valence-electron chi connectivity index (χ2n) is 6.27. The van der Waals surface area contributed by atoms with E-state index >= 15 is 0 Å². The highest BCUT2D eigenvalue weighted by Crippen LogP contribution is 2.39. The van der Waals surface area contributed by atoms with E-state index in [1.165, 1.54) is 12.0 Å². The van der Waals surface area contributed by atoms with E-state index in [4.69, 9.17) is 32.7 Å². The van der Waals surface area contributed by atoms with Crippen LogP contribution in [0.5, 0.6) is 0 Å². The molecule has 1 aromatic carbocycles. The van der Waals surface area contributed by atoms with Crippen molar-refractivity contribution in [3.63, 3.8) is 0 Å². The Hall–Kier alpha value is -0.320. The molecular weight excluding hydrogens is 321 g/mol. The number of hydrogen-bond acceptors (Lipinski definition) is 3. The lowest BCUT2D eigenvalue weighted by atomic mass is 9.77. The van der Waals surface area contributed by atoms with Crippen LogP contribution in [0.25, 0.3) is 0 Å². The maximum Gasteiger partial charge on any atom is 0.159 e. The van der Waals surface area contributed by atoms with Crippen molar-refractivity contribution in [2.75, 3.05) is 13.2 Å². The molecule has 122 valence electrons. The van der Waals surface area contributed by atoms with Crippen molar-refractivity contribution < 1.29 is 9.47 Å². The summed E-state index contributed by atoms with van der Waals surface area (Å²) >= 11 is 12.2. The minimum absolute atomic E-state index is 0.0394. The molecule has 3 nitrogen and oxygen atoms in total. The third-order valence-electron chi connectivity index (χ3n) is 4.91. The molecule has 3 unspecified atom stereocenters. The van der Waals surface area contributed by atoms with Gasteiger partial charge in [-0.05, 0) is 49.8 Å².